The topological polar surface area (TPSA) is 80.3 Å². The van der Waals surface area contributed by atoms with Gasteiger partial charge in [0.1, 0.15) is 0 Å². The van der Waals surface area contributed by atoms with Crippen molar-refractivity contribution in [2.24, 2.45) is 10.8 Å². The molecule has 4 heteroatoms. The molecule has 0 aromatic carbocycles. The van der Waals surface area contributed by atoms with Crippen LogP contribution in [-0.4, -0.2) is 11.9 Å². The van der Waals surface area contributed by atoms with Gasteiger partial charge in [-0.2, -0.15) is 0 Å². The molecule has 0 fully saturated rings. The molecular formula is C16H22O4-2. The van der Waals surface area contributed by atoms with Crippen LogP contribution in [0.25, 0.3) is 0 Å². The lowest BCUT2D eigenvalue weighted by Gasteiger charge is -2.50. The van der Waals surface area contributed by atoms with E-state index in [9.17, 15) is 19.8 Å². The van der Waals surface area contributed by atoms with Crippen molar-refractivity contribution in [3.63, 3.8) is 0 Å². The van der Waals surface area contributed by atoms with Gasteiger partial charge in [0.15, 0.2) is 0 Å². The first-order chi connectivity index (χ1) is 9.47. The molecule has 4 nitrogen and oxygen atoms in total. The molecule has 0 N–H and O–H groups in total. The second kappa shape index (κ2) is 6.73. The van der Waals surface area contributed by atoms with Gasteiger partial charge in [-0.05, 0) is 12.8 Å². The fourth-order valence-electron chi connectivity index (χ4n) is 2.97. The van der Waals surface area contributed by atoms with E-state index in [1.165, 1.54) is 12.2 Å². The lowest BCUT2D eigenvalue weighted by atomic mass is 9.57. The minimum absolute atomic E-state index is 0.254. The maximum Gasteiger partial charge on any atom is 0.0526 e. The number of carbonyl (C=O) groups excluding carboxylic acids is 2. The Balaban J connectivity index is 3.32. The number of rotatable bonds is 8. The van der Waals surface area contributed by atoms with E-state index >= 15 is 0 Å². The number of hydrogen-bond donors (Lipinski definition) is 0. The molecular weight excluding hydrogens is 256 g/mol. The second-order valence-electron chi connectivity index (χ2n) is 5.44. The Bertz CT molecular complexity index is 384. The van der Waals surface area contributed by atoms with Crippen molar-refractivity contribution in [3.8, 4) is 0 Å². The van der Waals surface area contributed by atoms with Crippen LogP contribution < -0.4 is 10.2 Å². The van der Waals surface area contributed by atoms with Crippen molar-refractivity contribution in [2.45, 2.75) is 52.4 Å². The first-order valence-corrected chi connectivity index (χ1v) is 7.27. The van der Waals surface area contributed by atoms with E-state index in [0.29, 0.717) is 12.8 Å². The minimum atomic E-state index is -1.51. The van der Waals surface area contributed by atoms with Gasteiger partial charge in [0, 0.05) is 10.8 Å². The summed E-state index contributed by atoms with van der Waals surface area (Å²) >= 11 is 0. The normalized spacial score (nSPS) is 28.5. The third-order valence-electron chi connectivity index (χ3n) is 4.25. The molecule has 2 unspecified atom stereocenters. The minimum Gasteiger partial charge on any atom is -0.549 e. The molecule has 0 amide bonds. The molecule has 0 radical (unpaired) electrons. The van der Waals surface area contributed by atoms with Crippen LogP contribution in [0.1, 0.15) is 52.4 Å². The molecule has 0 aromatic heterocycles. The van der Waals surface area contributed by atoms with Crippen LogP contribution in [0.3, 0.4) is 0 Å². The summed E-state index contributed by atoms with van der Waals surface area (Å²) in [6.45, 7) is 3.89. The quantitative estimate of drug-likeness (QED) is 0.662. The Kier molecular flexibility index (Phi) is 5.54. The van der Waals surface area contributed by atoms with Gasteiger partial charge in [-0.1, -0.05) is 63.8 Å². The van der Waals surface area contributed by atoms with Crippen LogP contribution in [0.15, 0.2) is 24.3 Å². The number of carboxylic acids is 2. The lowest BCUT2D eigenvalue weighted by molar-refractivity contribution is -0.339. The Morgan fingerprint density at radius 3 is 1.45 bits per heavy atom. The van der Waals surface area contributed by atoms with E-state index in [1.54, 1.807) is 12.2 Å². The van der Waals surface area contributed by atoms with E-state index in [4.69, 9.17) is 0 Å². The standard InChI is InChI=1S/C16H24O4/c1-3-5-9-15(13(17)18)11-7-8-12-16(15,14(19)20)10-6-4-2/h7-8,11-12H,3-6,9-10H2,1-2H3,(H,17,18)(H,19,20)/p-2. The lowest BCUT2D eigenvalue weighted by Crippen LogP contribution is -2.59. The monoisotopic (exact) mass is 278 g/mol. The highest BCUT2D eigenvalue weighted by molar-refractivity contribution is 5.89. The molecule has 1 aliphatic carbocycles. The van der Waals surface area contributed by atoms with Gasteiger partial charge >= 0.3 is 0 Å². The Morgan fingerprint density at radius 1 is 0.850 bits per heavy atom. The van der Waals surface area contributed by atoms with E-state index in [0.717, 1.165) is 12.8 Å². The van der Waals surface area contributed by atoms with Gasteiger partial charge in [-0.15, -0.1) is 0 Å². The van der Waals surface area contributed by atoms with Crippen molar-refractivity contribution in [2.75, 3.05) is 0 Å². The van der Waals surface area contributed by atoms with Gasteiger partial charge in [-0.25, -0.2) is 0 Å². The molecule has 0 spiro atoms. The summed E-state index contributed by atoms with van der Waals surface area (Å²) in [6.07, 6.45) is 9.51. The zero-order chi connectivity index (χ0) is 15.2. The fourth-order valence-corrected chi connectivity index (χ4v) is 2.97. The van der Waals surface area contributed by atoms with E-state index in [2.05, 4.69) is 0 Å². The van der Waals surface area contributed by atoms with Crippen LogP contribution in [-0.2, 0) is 9.59 Å². The predicted octanol–water partition coefficient (Wildman–Crippen LogP) is 0.965. The highest BCUT2D eigenvalue weighted by Crippen LogP contribution is 2.50. The summed E-state index contributed by atoms with van der Waals surface area (Å²) in [6, 6.07) is 0. The summed E-state index contributed by atoms with van der Waals surface area (Å²) in [5, 5.41) is 23.6. The summed E-state index contributed by atoms with van der Waals surface area (Å²) in [5.74, 6) is -2.65. The molecule has 0 aliphatic heterocycles. The Hall–Kier alpha value is -1.58. The molecule has 112 valence electrons. The zero-order valence-electron chi connectivity index (χ0n) is 12.2. The summed E-state index contributed by atoms with van der Waals surface area (Å²) in [5.41, 5.74) is -3.02. The average Bonchev–Trinajstić information content (AvgIpc) is 2.43. The van der Waals surface area contributed by atoms with E-state index in [-0.39, 0.29) is 12.8 Å². The maximum atomic E-state index is 11.8. The van der Waals surface area contributed by atoms with Gasteiger partial charge < -0.3 is 19.8 Å². The second-order valence-corrected chi connectivity index (χ2v) is 5.44. The highest BCUT2D eigenvalue weighted by Gasteiger charge is 2.50. The van der Waals surface area contributed by atoms with Crippen molar-refractivity contribution in [3.05, 3.63) is 24.3 Å². The van der Waals surface area contributed by atoms with Crippen LogP contribution in [0.4, 0.5) is 0 Å². The molecule has 0 aromatic rings. The van der Waals surface area contributed by atoms with Crippen molar-refractivity contribution >= 4 is 11.9 Å². The van der Waals surface area contributed by atoms with Crippen LogP contribution >= 0.6 is 0 Å². The van der Waals surface area contributed by atoms with Crippen LogP contribution in [0.5, 0.6) is 0 Å². The average molecular weight is 278 g/mol. The molecule has 1 rings (SSSR count). The maximum absolute atomic E-state index is 11.8. The van der Waals surface area contributed by atoms with Crippen LogP contribution in [0.2, 0.25) is 0 Å². The zero-order valence-corrected chi connectivity index (χ0v) is 12.2. The van der Waals surface area contributed by atoms with E-state index in [1.807, 2.05) is 13.8 Å². The predicted molar refractivity (Wildman–Crippen MR) is 72.2 cm³/mol. The van der Waals surface area contributed by atoms with Gasteiger partial charge in [0.2, 0.25) is 0 Å². The highest BCUT2D eigenvalue weighted by atomic mass is 16.4. The van der Waals surface area contributed by atoms with Gasteiger partial charge in [0.25, 0.3) is 0 Å². The number of hydrogen-bond acceptors (Lipinski definition) is 4. The number of unbranched alkanes of at least 4 members (excludes halogenated alkanes) is 2. The van der Waals surface area contributed by atoms with E-state index < -0.39 is 22.8 Å². The van der Waals surface area contributed by atoms with Crippen LogP contribution in [0, 0.1) is 10.8 Å². The first-order valence-electron chi connectivity index (χ1n) is 7.27. The largest absolute Gasteiger partial charge is 0.549 e. The number of carboxylic acid groups (broad SMARTS) is 2. The molecule has 0 saturated heterocycles. The smallest absolute Gasteiger partial charge is 0.0526 e. The SMILES string of the molecule is CCCCC1(C(=O)[O-])C=CC=CC1(CCCC)C(=O)[O-]. The van der Waals surface area contributed by atoms with Crippen molar-refractivity contribution < 1.29 is 19.8 Å². The third kappa shape index (κ3) is 2.65. The van der Waals surface area contributed by atoms with Crippen molar-refractivity contribution in [1.29, 1.82) is 0 Å². The summed E-state index contributed by atoms with van der Waals surface area (Å²) < 4.78 is 0. The molecule has 0 saturated carbocycles. The summed E-state index contributed by atoms with van der Waals surface area (Å²) in [4.78, 5) is 23.6. The van der Waals surface area contributed by atoms with Gasteiger partial charge in [0.05, 0.1) is 11.9 Å². The molecule has 20 heavy (non-hydrogen) atoms. The third-order valence-corrected chi connectivity index (χ3v) is 4.25. The Labute approximate surface area is 120 Å². The Morgan fingerprint density at radius 2 is 1.20 bits per heavy atom. The molecule has 0 heterocycles. The summed E-state index contributed by atoms with van der Waals surface area (Å²) in [7, 11) is 0. The molecule has 0 bridgehead atoms. The number of carbonyl (C=O) groups is 2. The number of allylic oxidation sites excluding steroid dienone is 2. The molecule has 2 atom stereocenters. The molecule has 1 aliphatic rings. The van der Waals surface area contributed by atoms with Gasteiger partial charge in [-0.3, -0.25) is 0 Å². The fraction of sp³-hybridized carbons (Fsp3) is 0.625. The number of aliphatic carboxylic acids is 2. The first kappa shape index (κ1) is 16.5. The van der Waals surface area contributed by atoms with Crippen molar-refractivity contribution in [1.82, 2.24) is 0 Å².